The number of nitrogens with zero attached hydrogens (tertiary/aromatic N) is 2. The lowest BCUT2D eigenvalue weighted by Gasteiger charge is -2.34. The van der Waals surface area contributed by atoms with Crippen molar-refractivity contribution in [2.75, 3.05) is 45.1 Å². The van der Waals surface area contributed by atoms with E-state index < -0.39 is 0 Å². The standard InChI is InChI=1S/C14H21ClN2.2ClH/c15-7-9-17-12-10-16(11-13-17)8-6-14-4-2-1-3-5-14;;/h1-5H,6-13H2;2*1H. The van der Waals surface area contributed by atoms with Crippen LogP contribution in [0.4, 0.5) is 0 Å². The second-order valence-electron chi connectivity index (χ2n) is 4.61. The van der Waals surface area contributed by atoms with Crippen LogP contribution in [0, 0.1) is 0 Å². The van der Waals surface area contributed by atoms with E-state index >= 15 is 0 Å². The molecule has 0 bridgehead atoms. The fraction of sp³-hybridized carbons (Fsp3) is 0.571. The van der Waals surface area contributed by atoms with Crippen LogP contribution in [0.1, 0.15) is 5.56 Å². The molecule has 1 aromatic rings. The van der Waals surface area contributed by atoms with E-state index in [4.69, 9.17) is 11.6 Å². The van der Waals surface area contributed by atoms with Gasteiger partial charge in [0, 0.05) is 45.1 Å². The Hall–Kier alpha value is 0.01000. The second-order valence-corrected chi connectivity index (χ2v) is 4.99. The first kappa shape index (κ1) is 19.0. The first-order valence-electron chi connectivity index (χ1n) is 6.43. The molecule has 1 aromatic carbocycles. The summed E-state index contributed by atoms with van der Waals surface area (Å²) in [6.45, 7) is 6.92. The fourth-order valence-corrected chi connectivity index (χ4v) is 2.53. The lowest BCUT2D eigenvalue weighted by Crippen LogP contribution is -2.47. The molecule has 0 aliphatic carbocycles. The highest BCUT2D eigenvalue weighted by atomic mass is 35.5. The molecule has 1 aliphatic rings. The quantitative estimate of drug-likeness (QED) is 0.768. The average Bonchev–Trinajstić information content (AvgIpc) is 2.40. The van der Waals surface area contributed by atoms with Crippen molar-refractivity contribution >= 4 is 36.4 Å². The van der Waals surface area contributed by atoms with E-state index in [2.05, 4.69) is 40.1 Å². The summed E-state index contributed by atoms with van der Waals surface area (Å²) in [5, 5.41) is 0. The molecular formula is C14H23Cl3N2. The summed E-state index contributed by atoms with van der Waals surface area (Å²) in [5.74, 6) is 0.754. The van der Waals surface area contributed by atoms with Crippen molar-refractivity contribution in [2.45, 2.75) is 6.42 Å². The van der Waals surface area contributed by atoms with Gasteiger partial charge < -0.3 is 4.90 Å². The van der Waals surface area contributed by atoms with Gasteiger partial charge in [0.25, 0.3) is 0 Å². The summed E-state index contributed by atoms with van der Waals surface area (Å²) in [7, 11) is 0. The van der Waals surface area contributed by atoms with E-state index in [1.807, 2.05) is 0 Å². The molecule has 110 valence electrons. The van der Waals surface area contributed by atoms with Crippen molar-refractivity contribution in [1.82, 2.24) is 9.80 Å². The molecule has 0 saturated carbocycles. The largest absolute Gasteiger partial charge is 0.300 e. The summed E-state index contributed by atoms with van der Waals surface area (Å²) in [6, 6.07) is 10.7. The minimum Gasteiger partial charge on any atom is -0.300 e. The number of piperazine rings is 1. The number of alkyl halides is 1. The zero-order valence-electron chi connectivity index (χ0n) is 11.1. The summed E-state index contributed by atoms with van der Waals surface area (Å²) in [5.41, 5.74) is 1.44. The number of benzene rings is 1. The molecule has 2 nitrogen and oxygen atoms in total. The smallest absolute Gasteiger partial charge is 0.0351 e. The maximum atomic E-state index is 5.76. The van der Waals surface area contributed by atoms with Crippen LogP contribution >= 0.6 is 36.4 Å². The summed E-state index contributed by atoms with van der Waals surface area (Å²) in [4.78, 5) is 5.00. The monoisotopic (exact) mass is 324 g/mol. The number of hydrogen-bond donors (Lipinski definition) is 0. The molecule has 0 amide bonds. The highest BCUT2D eigenvalue weighted by Crippen LogP contribution is 2.05. The van der Waals surface area contributed by atoms with E-state index in [9.17, 15) is 0 Å². The minimum absolute atomic E-state index is 0. The van der Waals surface area contributed by atoms with Gasteiger partial charge in [0.05, 0.1) is 0 Å². The van der Waals surface area contributed by atoms with Crippen molar-refractivity contribution in [1.29, 1.82) is 0 Å². The number of hydrogen-bond acceptors (Lipinski definition) is 2. The van der Waals surface area contributed by atoms with Gasteiger partial charge in [0.2, 0.25) is 0 Å². The lowest BCUT2D eigenvalue weighted by molar-refractivity contribution is 0.139. The lowest BCUT2D eigenvalue weighted by atomic mass is 10.1. The number of rotatable bonds is 5. The Labute approximate surface area is 133 Å². The van der Waals surface area contributed by atoms with Crippen molar-refractivity contribution < 1.29 is 0 Å². The summed E-state index contributed by atoms with van der Waals surface area (Å²) < 4.78 is 0. The van der Waals surface area contributed by atoms with E-state index in [-0.39, 0.29) is 24.8 Å². The van der Waals surface area contributed by atoms with Crippen molar-refractivity contribution in [3.05, 3.63) is 35.9 Å². The highest BCUT2D eigenvalue weighted by molar-refractivity contribution is 6.18. The van der Waals surface area contributed by atoms with Gasteiger partial charge in [-0.3, -0.25) is 4.90 Å². The molecule has 0 aromatic heterocycles. The van der Waals surface area contributed by atoms with Gasteiger partial charge in [0.1, 0.15) is 0 Å². The Kier molecular flexibility index (Phi) is 10.8. The topological polar surface area (TPSA) is 6.48 Å². The molecule has 1 fully saturated rings. The van der Waals surface area contributed by atoms with E-state index in [0.717, 1.165) is 18.8 Å². The maximum absolute atomic E-state index is 5.76. The molecule has 0 N–H and O–H groups in total. The minimum atomic E-state index is 0. The predicted molar refractivity (Wildman–Crippen MR) is 88.2 cm³/mol. The summed E-state index contributed by atoms with van der Waals surface area (Å²) in [6.07, 6.45) is 1.16. The van der Waals surface area contributed by atoms with Crippen LogP contribution in [-0.4, -0.2) is 54.9 Å². The molecular weight excluding hydrogens is 303 g/mol. The first-order chi connectivity index (χ1) is 8.38. The van der Waals surface area contributed by atoms with Crippen molar-refractivity contribution in [3.8, 4) is 0 Å². The third-order valence-electron chi connectivity index (χ3n) is 3.43. The Balaban J connectivity index is 0.00000162. The second kappa shape index (κ2) is 10.8. The average molecular weight is 326 g/mol. The van der Waals surface area contributed by atoms with Crippen LogP contribution in [0.5, 0.6) is 0 Å². The Morgan fingerprint density at radius 2 is 1.37 bits per heavy atom. The molecule has 2 rings (SSSR count). The van der Waals surface area contributed by atoms with Crippen molar-refractivity contribution in [3.63, 3.8) is 0 Å². The van der Waals surface area contributed by atoms with E-state index in [1.54, 1.807) is 0 Å². The predicted octanol–water partition coefficient (Wildman–Crippen LogP) is 2.93. The Morgan fingerprint density at radius 1 is 0.842 bits per heavy atom. The van der Waals surface area contributed by atoms with Gasteiger partial charge in [-0.15, -0.1) is 36.4 Å². The van der Waals surface area contributed by atoms with Gasteiger partial charge in [0.15, 0.2) is 0 Å². The molecule has 0 spiro atoms. The van der Waals surface area contributed by atoms with Crippen LogP contribution in [0.2, 0.25) is 0 Å². The normalized spacial score (nSPS) is 16.5. The van der Waals surface area contributed by atoms with Crippen LogP contribution in [-0.2, 0) is 6.42 Å². The van der Waals surface area contributed by atoms with E-state index in [0.29, 0.717) is 0 Å². The van der Waals surface area contributed by atoms with Gasteiger partial charge in [-0.2, -0.15) is 0 Å². The van der Waals surface area contributed by atoms with Crippen LogP contribution in [0.15, 0.2) is 30.3 Å². The van der Waals surface area contributed by atoms with E-state index in [1.165, 1.54) is 38.3 Å². The highest BCUT2D eigenvalue weighted by Gasteiger charge is 2.15. The zero-order chi connectivity index (χ0) is 11.9. The zero-order valence-corrected chi connectivity index (χ0v) is 13.5. The van der Waals surface area contributed by atoms with Crippen LogP contribution < -0.4 is 0 Å². The molecule has 0 atom stereocenters. The maximum Gasteiger partial charge on any atom is 0.0351 e. The van der Waals surface area contributed by atoms with Crippen LogP contribution in [0.25, 0.3) is 0 Å². The molecule has 1 saturated heterocycles. The van der Waals surface area contributed by atoms with Gasteiger partial charge in [-0.1, -0.05) is 30.3 Å². The van der Waals surface area contributed by atoms with Crippen LogP contribution in [0.3, 0.4) is 0 Å². The Morgan fingerprint density at radius 3 is 1.89 bits per heavy atom. The molecule has 0 unspecified atom stereocenters. The fourth-order valence-electron chi connectivity index (χ4n) is 2.29. The first-order valence-corrected chi connectivity index (χ1v) is 6.96. The van der Waals surface area contributed by atoms with Gasteiger partial charge >= 0.3 is 0 Å². The third-order valence-corrected chi connectivity index (χ3v) is 3.59. The molecule has 1 aliphatic heterocycles. The van der Waals surface area contributed by atoms with Gasteiger partial charge in [-0.05, 0) is 12.0 Å². The molecule has 19 heavy (non-hydrogen) atoms. The SMILES string of the molecule is Cl.Cl.ClCCN1CCN(CCc2ccccc2)CC1. The third kappa shape index (κ3) is 6.82. The molecule has 5 heteroatoms. The molecule has 1 heterocycles. The summed E-state index contributed by atoms with van der Waals surface area (Å²) >= 11 is 5.76. The van der Waals surface area contributed by atoms with Crippen molar-refractivity contribution in [2.24, 2.45) is 0 Å². The number of halogens is 3. The molecule has 0 radical (unpaired) electrons. The Bertz CT molecular complexity index is 314. The van der Waals surface area contributed by atoms with Gasteiger partial charge in [-0.25, -0.2) is 0 Å².